The van der Waals surface area contributed by atoms with Crippen LogP contribution in [0.3, 0.4) is 0 Å². The Labute approximate surface area is 136 Å². The number of oxime groups is 1. The number of piperazine rings is 1. The first kappa shape index (κ1) is 15.4. The highest BCUT2D eigenvalue weighted by atomic mass is 16.5. The highest BCUT2D eigenvalue weighted by Crippen LogP contribution is 2.32. The summed E-state index contributed by atoms with van der Waals surface area (Å²) in [6, 6.07) is 18.0. The summed E-state index contributed by atoms with van der Waals surface area (Å²) in [6.07, 6.45) is 1.53. The van der Waals surface area contributed by atoms with E-state index in [-0.39, 0.29) is 0 Å². The van der Waals surface area contributed by atoms with Gasteiger partial charge in [0.15, 0.2) is 5.75 Å². The van der Waals surface area contributed by atoms with Crippen molar-refractivity contribution in [3.05, 3.63) is 54.6 Å². The second-order valence-corrected chi connectivity index (χ2v) is 5.47. The normalized spacial score (nSPS) is 15.9. The summed E-state index contributed by atoms with van der Waals surface area (Å²) in [5.74, 6) is 1.72. The molecule has 3 rings (SSSR count). The first-order chi connectivity index (χ1) is 11.4. The molecule has 0 radical (unpaired) electrons. The maximum Gasteiger partial charge on any atom is 0.150 e. The fourth-order valence-corrected chi connectivity index (χ4v) is 2.74. The lowest BCUT2D eigenvalue weighted by Gasteiger charge is -2.36. The first-order valence-corrected chi connectivity index (χ1v) is 7.82. The van der Waals surface area contributed by atoms with Gasteiger partial charge in [-0.15, -0.1) is 5.16 Å². The fraction of sp³-hybridized carbons (Fsp3) is 0.278. The maximum atomic E-state index is 8.52. The Morgan fingerprint density at radius 2 is 1.65 bits per heavy atom. The first-order valence-electron chi connectivity index (χ1n) is 7.82. The minimum Gasteiger partial charge on any atom is -0.455 e. The molecular formula is C18H21N3O2. The van der Waals surface area contributed by atoms with Gasteiger partial charge in [0, 0.05) is 32.7 Å². The van der Waals surface area contributed by atoms with E-state index < -0.39 is 0 Å². The van der Waals surface area contributed by atoms with Crippen molar-refractivity contribution < 1.29 is 9.94 Å². The molecule has 1 heterocycles. The molecule has 5 nitrogen and oxygen atoms in total. The molecule has 0 saturated carbocycles. The van der Waals surface area contributed by atoms with E-state index in [1.165, 1.54) is 6.21 Å². The Bertz CT molecular complexity index is 638. The third kappa shape index (κ3) is 4.02. The van der Waals surface area contributed by atoms with Gasteiger partial charge in [-0.25, -0.2) is 0 Å². The summed E-state index contributed by atoms with van der Waals surface area (Å²) in [7, 11) is 0. The second kappa shape index (κ2) is 7.65. The molecule has 23 heavy (non-hydrogen) atoms. The van der Waals surface area contributed by atoms with Crippen LogP contribution in [-0.2, 0) is 0 Å². The highest BCUT2D eigenvalue weighted by molar-refractivity contribution is 5.61. The summed E-state index contributed by atoms with van der Waals surface area (Å²) in [6.45, 7) is 4.41. The molecule has 1 aliphatic heterocycles. The Kier molecular flexibility index (Phi) is 5.11. The number of hydrogen-bond donors (Lipinski definition) is 1. The number of benzene rings is 2. The van der Waals surface area contributed by atoms with Crippen LogP contribution in [-0.4, -0.2) is 49.0 Å². The maximum absolute atomic E-state index is 8.52. The predicted octanol–water partition coefficient (Wildman–Crippen LogP) is 3.06. The minimum atomic E-state index is 0.687. The van der Waals surface area contributed by atoms with Crippen LogP contribution in [0.2, 0.25) is 0 Å². The molecule has 5 heteroatoms. The molecular weight excluding hydrogens is 290 g/mol. The molecule has 0 aliphatic carbocycles. The Morgan fingerprint density at radius 1 is 0.957 bits per heavy atom. The summed E-state index contributed by atoms with van der Waals surface area (Å²) >= 11 is 0. The number of anilines is 1. The molecule has 0 spiro atoms. The summed E-state index contributed by atoms with van der Waals surface area (Å²) in [5, 5.41) is 11.6. The molecule has 0 amide bonds. The average molecular weight is 311 g/mol. The molecule has 120 valence electrons. The number of hydrogen-bond acceptors (Lipinski definition) is 5. The quantitative estimate of drug-likeness (QED) is 0.524. The van der Waals surface area contributed by atoms with Gasteiger partial charge in [-0.3, -0.25) is 4.90 Å². The van der Waals surface area contributed by atoms with Gasteiger partial charge >= 0.3 is 0 Å². The molecule has 2 aromatic carbocycles. The van der Waals surface area contributed by atoms with Gasteiger partial charge < -0.3 is 14.8 Å². The van der Waals surface area contributed by atoms with Crippen LogP contribution in [0.15, 0.2) is 59.8 Å². The van der Waals surface area contributed by atoms with Crippen LogP contribution < -0.4 is 9.64 Å². The number of ether oxygens (including phenoxy) is 1. The van der Waals surface area contributed by atoms with Gasteiger partial charge in [-0.2, -0.15) is 0 Å². The lowest BCUT2D eigenvalue weighted by atomic mass is 10.2. The Hall–Kier alpha value is -2.53. The molecule has 2 aromatic rings. The van der Waals surface area contributed by atoms with E-state index in [2.05, 4.69) is 21.0 Å². The smallest absolute Gasteiger partial charge is 0.150 e. The molecule has 0 unspecified atom stereocenters. The Balaban J connectivity index is 1.69. The van der Waals surface area contributed by atoms with Gasteiger partial charge in [0.2, 0.25) is 0 Å². The van der Waals surface area contributed by atoms with Crippen molar-refractivity contribution in [3.8, 4) is 11.5 Å². The molecule has 0 bridgehead atoms. The molecule has 1 aliphatic rings. The third-order valence-corrected chi connectivity index (χ3v) is 3.97. The average Bonchev–Trinajstić information content (AvgIpc) is 2.62. The minimum absolute atomic E-state index is 0.687. The van der Waals surface area contributed by atoms with E-state index in [0.717, 1.165) is 43.4 Å². The predicted molar refractivity (Wildman–Crippen MR) is 91.9 cm³/mol. The van der Waals surface area contributed by atoms with Gasteiger partial charge in [-0.05, 0) is 24.3 Å². The number of para-hydroxylation sites is 3. The number of nitrogens with zero attached hydrogens (tertiary/aromatic N) is 3. The van der Waals surface area contributed by atoms with Crippen molar-refractivity contribution in [1.29, 1.82) is 0 Å². The van der Waals surface area contributed by atoms with Gasteiger partial charge in [0.25, 0.3) is 0 Å². The van der Waals surface area contributed by atoms with Crippen molar-refractivity contribution in [2.45, 2.75) is 0 Å². The van der Waals surface area contributed by atoms with E-state index in [1.807, 2.05) is 48.5 Å². The standard InChI is InChI=1S/C18H21N3O2/c22-19-10-11-20-12-14-21(15-13-20)17-8-4-5-9-18(17)23-16-6-2-1-3-7-16/h1-10,22H,11-15H2/b19-10+. The van der Waals surface area contributed by atoms with Gasteiger partial charge in [0.05, 0.1) is 11.9 Å². The Morgan fingerprint density at radius 3 is 2.39 bits per heavy atom. The molecule has 0 aromatic heterocycles. The molecule has 1 saturated heterocycles. The molecule has 1 N–H and O–H groups in total. The van der Waals surface area contributed by atoms with Crippen LogP contribution in [0.4, 0.5) is 5.69 Å². The van der Waals surface area contributed by atoms with Crippen LogP contribution in [0.1, 0.15) is 0 Å². The topological polar surface area (TPSA) is 48.3 Å². The lowest BCUT2D eigenvalue weighted by Crippen LogP contribution is -2.47. The van der Waals surface area contributed by atoms with Crippen molar-refractivity contribution in [1.82, 2.24) is 4.90 Å². The van der Waals surface area contributed by atoms with E-state index in [0.29, 0.717) is 6.54 Å². The zero-order chi connectivity index (χ0) is 15.9. The largest absolute Gasteiger partial charge is 0.455 e. The van der Waals surface area contributed by atoms with E-state index in [9.17, 15) is 0 Å². The van der Waals surface area contributed by atoms with Crippen molar-refractivity contribution in [3.63, 3.8) is 0 Å². The van der Waals surface area contributed by atoms with E-state index >= 15 is 0 Å². The number of rotatable bonds is 5. The van der Waals surface area contributed by atoms with Crippen LogP contribution in [0.25, 0.3) is 0 Å². The summed E-state index contributed by atoms with van der Waals surface area (Å²) < 4.78 is 6.04. The zero-order valence-electron chi connectivity index (χ0n) is 13.0. The third-order valence-electron chi connectivity index (χ3n) is 3.97. The highest BCUT2D eigenvalue weighted by Gasteiger charge is 2.19. The van der Waals surface area contributed by atoms with Crippen LogP contribution >= 0.6 is 0 Å². The lowest BCUT2D eigenvalue weighted by molar-refractivity contribution is 0.283. The van der Waals surface area contributed by atoms with E-state index in [1.54, 1.807) is 0 Å². The van der Waals surface area contributed by atoms with Gasteiger partial charge in [0.1, 0.15) is 5.75 Å². The van der Waals surface area contributed by atoms with E-state index in [4.69, 9.17) is 9.94 Å². The van der Waals surface area contributed by atoms with Crippen LogP contribution in [0, 0.1) is 0 Å². The van der Waals surface area contributed by atoms with Crippen LogP contribution in [0.5, 0.6) is 11.5 Å². The summed E-state index contributed by atoms with van der Waals surface area (Å²) in [4.78, 5) is 4.60. The monoisotopic (exact) mass is 311 g/mol. The SMILES string of the molecule is O/N=C/CN1CCN(c2ccccc2Oc2ccccc2)CC1. The molecule has 1 fully saturated rings. The second-order valence-electron chi connectivity index (χ2n) is 5.47. The van der Waals surface area contributed by atoms with Crippen molar-refractivity contribution in [2.75, 3.05) is 37.6 Å². The zero-order valence-corrected chi connectivity index (χ0v) is 13.0. The summed E-state index contributed by atoms with van der Waals surface area (Å²) in [5.41, 5.74) is 1.12. The van der Waals surface area contributed by atoms with Crippen molar-refractivity contribution >= 4 is 11.9 Å². The fourth-order valence-electron chi connectivity index (χ4n) is 2.74. The molecule has 0 atom stereocenters. The van der Waals surface area contributed by atoms with Gasteiger partial charge in [-0.1, -0.05) is 30.3 Å². The van der Waals surface area contributed by atoms with Crippen molar-refractivity contribution in [2.24, 2.45) is 5.16 Å².